The summed E-state index contributed by atoms with van der Waals surface area (Å²) in [4.78, 5) is 35.7. The number of benzene rings is 3. The Morgan fingerprint density at radius 3 is 2.50 bits per heavy atom. The molecular formula is C24H18N2O6. The Morgan fingerprint density at radius 1 is 1.06 bits per heavy atom. The van der Waals surface area contributed by atoms with E-state index in [1.165, 1.54) is 38.3 Å². The minimum Gasteiger partial charge on any atom is -0.497 e. The van der Waals surface area contributed by atoms with Crippen LogP contribution in [0.3, 0.4) is 0 Å². The van der Waals surface area contributed by atoms with Crippen molar-refractivity contribution in [3.05, 3.63) is 98.2 Å². The molecule has 0 radical (unpaired) electrons. The Morgan fingerprint density at radius 2 is 1.81 bits per heavy atom. The summed E-state index contributed by atoms with van der Waals surface area (Å²) in [6.07, 6.45) is 0. The highest BCUT2D eigenvalue weighted by molar-refractivity contribution is 6.06. The first-order valence-corrected chi connectivity index (χ1v) is 9.65. The van der Waals surface area contributed by atoms with Crippen LogP contribution in [0.2, 0.25) is 0 Å². The van der Waals surface area contributed by atoms with E-state index in [4.69, 9.17) is 9.15 Å². The van der Waals surface area contributed by atoms with Gasteiger partial charge in [-0.1, -0.05) is 6.07 Å². The lowest BCUT2D eigenvalue weighted by Crippen LogP contribution is -2.14. The second-order valence-corrected chi connectivity index (χ2v) is 7.08. The van der Waals surface area contributed by atoms with E-state index in [0.29, 0.717) is 39.3 Å². The molecule has 1 amide bonds. The third kappa shape index (κ3) is 3.93. The van der Waals surface area contributed by atoms with Gasteiger partial charge in [0, 0.05) is 34.5 Å². The van der Waals surface area contributed by atoms with Crippen molar-refractivity contribution in [1.82, 2.24) is 0 Å². The number of carbonyl (C=O) groups is 1. The summed E-state index contributed by atoms with van der Waals surface area (Å²) in [5.41, 5.74) is 1.80. The summed E-state index contributed by atoms with van der Waals surface area (Å²) >= 11 is 0. The van der Waals surface area contributed by atoms with Gasteiger partial charge in [-0.15, -0.1) is 0 Å². The molecule has 0 saturated heterocycles. The number of nitro groups is 1. The number of hydrogen-bond acceptors (Lipinski definition) is 6. The van der Waals surface area contributed by atoms with Crippen molar-refractivity contribution < 1.29 is 18.9 Å². The highest BCUT2D eigenvalue weighted by atomic mass is 16.6. The first kappa shape index (κ1) is 20.8. The lowest BCUT2D eigenvalue weighted by atomic mass is 10.1. The fourth-order valence-electron chi connectivity index (χ4n) is 3.39. The molecule has 0 spiro atoms. The average molecular weight is 430 g/mol. The van der Waals surface area contributed by atoms with E-state index >= 15 is 0 Å². The Balaban J connectivity index is 1.59. The van der Waals surface area contributed by atoms with E-state index in [1.807, 2.05) is 0 Å². The van der Waals surface area contributed by atoms with Crippen molar-refractivity contribution in [1.29, 1.82) is 0 Å². The van der Waals surface area contributed by atoms with Gasteiger partial charge < -0.3 is 14.5 Å². The predicted molar refractivity (Wildman–Crippen MR) is 120 cm³/mol. The third-order valence-corrected chi connectivity index (χ3v) is 5.11. The molecule has 0 unspecified atom stereocenters. The molecule has 8 heteroatoms. The molecule has 0 bridgehead atoms. The average Bonchev–Trinajstić information content (AvgIpc) is 2.79. The molecule has 0 fully saturated rings. The third-order valence-electron chi connectivity index (χ3n) is 5.11. The van der Waals surface area contributed by atoms with Crippen LogP contribution in [0.4, 0.5) is 11.4 Å². The van der Waals surface area contributed by atoms with Crippen LogP contribution in [0, 0.1) is 17.0 Å². The smallest absolute Gasteiger partial charge is 0.273 e. The van der Waals surface area contributed by atoms with Crippen LogP contribution in [-0.2, 0) is 0 Å². The van der Waals surface area contributed by atoms with Crippen LogP contribution in [-0.4, -0.2) is 17.9 Å². The van der Waals surface area contributed by atoms with Gasteiger partial charge in [-0.05, 0) is 55.5 Å². The largest absolute Gasteiger partial charge is 0.497 e. The minimum absolute atomic E-state index is 0.114. The number of methoxy groups -OCH3 is 1. The molecule has 1 aromatic heterocycles. The first-order valence-electron chi connectivity index (χ1n) is 9.65. The van der Waals surface area contributed by atoms with Crippen molar-refractivity contribution >= 4 is 28.3 Å². The van der Waals surface area contributed by atoms with E-state index in [9.17, 15) is 19.7 Å². The monoisotopic (exact) mass is 430 g/mol. The molecule has 32 heavy (non-hydrogen) atoms. The Hall–Kier alpha value is -4.46. The van der Waals surface area contributed by atoms with Gasteiger partial charge in [-0.3, -0.25) is 19.7 Å². The summed E-state index contributed by atoms with van der Waals surface area (Å²) in [6, 6.07) is 17.5. The lowest BCUT2D eigenvalue weighted by Gasteiger charge is -2.09. The van der Waals surface area contributed by atoms with Crippen LogP contribution in [0.25, 0.3) is 22.3 Å². The maximum atomic E-state index is 12.6. The number of fused-ring (bicyclic) bond motifs is 1. The number of carbonyl (C=O) groups excluding carboxylic acids is 1. The lowest BCUT2D eigenvalue weighted by molar-refractivity contribution is -0.385. The van der Waals surface area contributed by atoms with Gasteiger partial charge in [0.05, 0.1) is 17.4 Å². The number of ether oxygens (including phenoxy) is 1. The molecule has 0 aliphatic heterocycles. The molecule has 0 aliphatic rings. The molecule has 4 rings (SSSR count). The van der Waals surface area contributed by atoms with Crippen LogP contribution < -0.4 is 15.5 Å². The summed E-state index contributed by atoms with van der Waals surface area (Å²) in [6.45, 7) is 1.54. The summed E-state index contributed by atoms with van der Waals surface area (Å²) in [5, 5.41) is 14.3. The van der Waals surface area contributed by atoms with Crippen LogP contribution >= 0.6 is 0 Å². The van der Waals surface area contributed by atoms with E-state index < -0.39 is 10.8 Å². The van der Waals surface area contributed by atoms with E-state index in [0.717, 1.165) is 0 Å². The Bertz CT molecular complexity index is 1410. The normalized spacial score (nSPS) is 10.7. The number of nitrogens with one attached hydrogen (secondary N) is 1. The molecule has 0 aliphatic carbocycles. The molecule has 8 nitrogen and oxygen atoms in total. The zero-order chi connectivity index (χ0) is 22.8. The van der Waals surface area contributed by atoms with Crippen LogP contribution in [0.15, 0.2) is 75.9 Å². The molecule has 160 valence electrons. The van der Waals surface area contributed by atoms with Crippen molar-refractivity contribution in [3.63, 3.8) is 0 Å². The maximum Gasteiger partial charge on any atom is 0.273 e. The quantitative estimate of drug-likeness (QED) is 0.355. The minimum atomic E-state index is -0.520. The Labute approximate surface area is 182 Å². The van der Waals surface area contributed by atoms with E-state index in [-0.39, 0.29) is 16.7 Å². The van der Waals surface area contributed by atoms with Crippen LogP contribution in [0.1, 0.15) is 15.9 Å². The van der Waals surface area contributed by atoms with Crippen molar-refractivity contribution in [3.8, 4) is 17.1 Å². The number of rotatable bonds is 5. The van der Waals surface area contributed by atoms with Gasteiger partial charge in [-0.2, -0.15) is 0 Å². The number of nitrogens with zero attached hydrogens (tertiary/aromatic N) is 1. The standard InChI is InChI=1S/C24H18N2O6/c1-14-18(4-3-5-20(14)26(29)30)24(28)25-16-8-6-15(7-9-16)23-13-21(27)19-12-17(31-2)10-11-22(19)32-23/h3-13H,1-2H3,(H,25,28). The van der Waals surface area contributed by atoms with Crippen molar-refractivity contribution in [2.45, 2.75) is 6.92 Å². The molecule has 3 aromatic carbocycles. The van der Waals surface area contributed by atoms with Gasteiger partial charge in [0.25, 0.3) is 11.6 Å². The number of anilines is 1. The second-order valence-electron chi connectivity index (χ2n) is 7.08. The highest BCUT2D eigenvalue weighted by Crippen LogP contribution is 2.26. The number of hydrogen-bond donors (Lipinski definition) is 1. The summed E-state index contributed by atoms with van der Waals surface area (Å²) < 4.78 is 11.0. The summed E-state index contributed by atoms with van der Waals surface area (Å²) in [7, 11) is 1.53. The van der Waals surface area contributed by atoms with Crippen molar-refractivity contribution in [2.24, 2.45) is 0 Å². The fraction of sp³-hybridized carbons (Fsp3) is 0.0833. The zero-order valence-corrected chi connectivity index (χ0v) is 17.2. The number of nitro benzene ring substituents is 1. The predicted octanol–water partition coefficient (Wildman–Crippen LogP) is 4.94. The second kappa shape index (κ2) is 8.35. The van der Waals surface area contributed by atoms with Crippen LogP contribution in [0.5, 0.6) is 5.75 Å². The molecule has 1 N–H and O–H groups in total. The molecule has 0 saturated carbocycles. The van der Waals surface area contributed by atoms with Crippen molar-refractivity contribution in [2.75, 3.05) is 12.4 Å². The van der Waals surface area contributed by atoms with Gasteiger partial charge in [0.15, 0.2) is 5.43 Å². The fourth-order valence-corrected chi connectivity index (χ4v) is 3.39. The summed E-state index contributed by atoms with van der Waals surface area (Å²) in [5.74, 6) is 0.502. The van der Waals surface area contributed by atoms with E-state index in [2.05, 4.69) is 5.32 Å². The maximum absolute atomic E-state index is 12.6. The Kier molecular flexibility index (Phi) is 5.43. The highest BCUT2D eigenvalue weighted by Gasteiger charge is 2.18. The topological polar surface area (TPSA) is 112 Å². The van der Waals surface area contributed by atoms with Gasteiger partial charge in [-0.25, -0.2) is 0 Å². The number of amides is 1. The first-order chi connectivity index (χ1) is 15.4. The molecule has 4 aromatic rings. The SMILES string of the molecule is COc1ccc2oc(-c3ccc(NC(=O)c4cccc([N+](=O)[O-])c4C)cc3)cc(=O)c2c1. The zero-order valence-electron chi connectivity index (χ0n) is 17.2. The van der Waals surface area contributed by atoms with E-state index in [1.54, 1.807) is 42.5 Å². The van der Waals surface area contributed by atoms with Gasteiger partial charge in [0.1, 0.15) is 17.1 Å². The van der Waals surface area contributed by atoms with Gasteiger partial charge in [0.2, 0.25) is 0 Å². The molecule has 0 atom stereocenters. The van der Waals surface area contributed by atoms with Gasteiger partial charge >= 0.3 is 0 Å². The molecule has 1 heterocycles. The molecular weight excluding hydrogens is 412 g/mol.